The van der Waals surface area contributed by atoms with Gasteiger partial charge in [0.15, 0.2) is 0 Å². The second kappa shape index (κ2) is 5.81. The number of aliphatic carboxylic acids is 1. The van der Waals surface area contributed by atoms with Crippen LogP contribution in [-0.2, 0) is 16.1 Å². The summed E-state index contributed by atoms with van der Waals surface area (Å²) in [4.78, 5) is 13.6. The lowest BCUT2D eigenvalue weighted by Gasteiger charge is -2.22. The maximum atomic E-state index is 12.1. The Morgan fingerprint density at radius 3 is 2.77 bits per heavy atom. The van der Waals surface area contributed by atoms with Gasteiger partial charge in [0, 0.05) is 25.6 Å². The van der Waals surface area contributed by atoms with Gasteiger partial charge in [0.05, 0.1) is 13.2 Å². The molecule has 7 heteroatoms. The number of carboxylic acids is 1. The van der Waals surface area contributed by atoms with Crippen LogP contribution in [0.25, 0.3) is 0 Å². The van der Waals surface area contributed by atoms with E-state index in [-0.39, 0.29) is 18.3 Å². The first-order valence-corrected chi connectivity index (χ1v) is 7.07. The number of rotatable bonds is 5. The van der Waals surface area contributed by atoms with Crippen molar-refractivity contribution in [3.05, 3.63) is 29.8 Å². The molecule has 2 aliphatic heterocycles. The van der Waals surface area contributed by atoms with Crippen LogP contribution in [0.1, 0.15) is 5.56 Å². The van der Waals surface area contributed by atoms with Crippen molar-refractivity contribution < 1.29 is 28.2 Å². The van der Waals surface area contributed by atoms with E-state index in [0.29, 0.717) is 26.2 Å². The van der Waals surface area contributed by atoms with Gasteiger partial charge in [-0.2, -0.15) is 8.78 Å². The van der Waals surface area contributed by atoms with Crippen LogP contribution in [0, 0.1) is 11.3 Å². The summed E-state index contributed by atoms with van der Waals surface area (Å²) >= 11 is 0. The van der Waals surface area contributed by atoms with Crippen molar-refractivity contribution in [2.75, 3.05) is 26.3 Å². The van der Waals surface area contributed by atoms with E-state index in [1.807, 2.05) is 0 Å². The number of hydrogen-bond donors (Lipinski definition) is 1. The lowest BCUT2D eigenvalue weighted by Crippen LogP contribution is -2.38. The third kappa shape index (κ3) is 2.78. The summed E-state index contributed by atoms with van der Waals surface area (Å²) in [5.41, 5.74) is 0.127. The van der Waals surface area contributed by atoms with Crippen molar-refractivity contribution in [1.29, 1.82) is 0 Å². The molecule has 0 spiro atoms. The molecule has 1 aromatic rings. The molecule has 2 atom stereocenters. The van der Waals surface area contributed by atoms with Crippen LogP contribution >= 0.6 is 0 Å². The Hall–Kier alpha value is -1.73. The highest BCUT2D eigenvalue weighted by Crippen LogP contribution is 2.42. The molecule has 0 unspecified atom stereocenters. The van der Waals surface area contributed by atoms with Crippen LogP contribution in [-0.4, -0.2) is 48.9 Å². The van der Waals surface area contributed by atoms with E-state index in [1.54, 1.807) is 12.1 Å². The van der Waals surface area contributed by atoms with Gasteiger partial charge in [-0.3, -0.25) is 9.69 Å². The zero-order chi connectivity index (χ0) is 15.7. The van der Waals surface area contributed by atoms with E-state index in [2.05, 4.69) is 9.64 Å². The highest BCUT2D eigenvalue weighted by molar-refractivity contribution is 5.76. The maximum absolute atomic E-state index is 12.1. The van der Waals surface area contributed by atoms with Crippen LogP contribution < -0.4 is 4.74 Å². The standard InChI is InChI=1S/C15H17F2NO4/c16-14(17)22-12-3-1-10(2-4-12)5-18-6-11-7-21-9-15(11,8-18)13(19)20/h1-4,11,14H,5-9H2,(H,19,20)/t11-,15-/m1/s1. The second-order valence-corrected chi connectivity index (χ2v) is 5.87. The molecule has 120 valence electrons. The summed E-state index contributed by atoms with van der Waals surface area (Å²) in [6.45, 7) is -0.404. The molecule has 3 rings (SSSR count). The Labute approximate surface area is 126 Å². The summed E-state index contributed by atoms with van der Waals surface area (Å²) in [6.07, 6.45) is 0. The molecule has 0 bridgehead atoms. The molecule has 5 nitrogen and oxygen atoms in total. The zero-order valence-electron chi connectivity index (χ0n) is 11.9. The van der Waals surface area contributed by atoms with Gasteiger partial charge >= 0.3 is 12.6 Å². The van der Waals surface area contributed by atoms with Crippen molar-refractivity contribution in [2.45, 2.75) is 13.2 Å². The van der Waals surface area contributed by atoms with Crippen molar-refractivity contribution in [1.82, 2.24) is 4.90 Å². The van der Waals surface area contributed by atoms with Gasteiger partial charge in [-0.05, 0) is 17.7 Å². The Morgan fingerprint density at radius 1 is 1.45 bits per heavy atom. The molecular weight excluding hydrogens is 296 g/mol. The number of nitrogens with zero attached hydrogens (tertiary/aromatic N) is 1. The van der Waals surface area contributed by atoms with Crippen LogP contribution in [0.3, 0.4) is 0 Å². The number of benzene rings is 1. The predicted molar refractivity (Wildman–Crippen MR) is 72.7 cm³/mol. The molecule has 1 N–H and O–H groups in total. The summed E-state index contributed by atoms with van der Waals surface area (Å²) in [7, 11) is 0. The molecule has 2 saturated heterocycles. The van der Waals surface area contributed by atoms with Gasteiger partial charge in [-0.15, -0.1) is 0 Å². The Balaban J connectivity index is 1.64. The minimum atomic E-state index is -2.83. The summed E-state index contributed by atoms with van der Waals surface area (Å²) in [5.74, 6) is -0.683. The van der Waals surface area contributed by atoms with Crippen LogP contribution in [0.4, 0.5) is 8.78 Å². The van der Waals surface area contributed by atoms with E-state index in [9.17, 15) is 18.7 Å². The van der Waals surface area contributed by atoms with Crippen molar-refractivity contribution in [3.63, 3.8) is 0 Å². The van der Waals surface area contributed by atoms with Gasteiger partial charge in [0.2, 0.25) is 0 Å². The molecule has 2 aliphatic rings. The lowest BCUT2D eigenvalue weighted by molar-refractivity contribution is -0.149. The average Bonchev–Trinajstić information content (AvgIpc) is 2.98. The number of carboxylic acid groups (broad SMARTS) is 1. The lowest BCUT2D eigenvalue weighted by atomic mass is 9.81. The highest BCUT2D eigenvalue weighted by Gasteiger charge is 2.55. The number of halogens is 2. The normalized spacial score (nSPS) is 28.0. The molecule has 0 radical (unpaired) electrons. The van der Waals surface area contributed by atoms with Crippen LogP contribution in [0.5, 0.6) is 5.75 Å². The summed E-state index contributed by atoms with van der Waals surface area (Å²) in [5, 5.41) is 9.48. The fourth-order valence-corrected chi connectivity index (χ4v) is 3.30. The first kappa shape index (κ1) is 15.2. The highest BCUT2D eigenvalue weighted by atomic mass is 19.3. The third-order valence-corrected chi connectivity index (χ3v) is 4.43. The van der Waals surface area contributed by atoms with Crippen molar-refractivity contribution >= 4 is 5.97 Å². The molecule has 0 aromatic heterocycles. The number of fused-ring (bicyclic) bond motifs is 1. The van der Waals surface area contributed by atoms with E-state index >= 15 is 0 Å². The number of ether oxygens (including phenoxy) is 2. The van der Waals surface area contributed by atoms with Gasteiger partial charge < -0.3 is 14.6 Å². The molecule has 0 saturated carbocycles. The minimum Gasteiger partial charge on any atom is -0.481 e. The van der Waals surface area contributed by atoms with Gasteiger partial charge in [0.25, 0.3) is 0 Å². The number of carbonyl (C=O) groups is 1. The topological polar surface area (TPSA) is 59.0 Å². The Kier molecular flexibility index (Phi) is 4.01. The predicted octanol–water partition coefficient (Wildman–Crippen LogP) is 1.82. The number of alkyl halides is 2. The molecule has 1 aromatic carbocycles. The summed E-state index contributed by atoms with van der Waals surface area (Å²) in [6, 6.07) is 6.43. The Morgan fingerprint density at radius 2 is 2.18 bits per heavy atom. The largest absolute Gasteiger partial charge is 0.481 e. The smallest absolute Gasteiger partial charge is 0.387 e. The second-order valence-electron chi connectivity index (χ2n) is 5.87. The van der Waals surface area contributed by atoms with Crippen LogP contribution in [0.15, 0.2) is 24.3 Å². The Bertz CT molecular complexity index is 551. The van der Waals surface area contributed by atoms with E-state index in [4.69, 9.17) is 4.74 Å². The fourth-order valence-electron chi connectivity index (χ4n) is 3.30. The van der Waals surface area contributed by atoms with Gasteiger partial charge in [0.1, 0.15) is 11.2 Å². The minimum absolute atomic E-state index is 0.00596. The fraction of sp³-hybridized carbons (Fsp3) is 0.533. The molecular formula is C15H17F2NO4. The first-order valence-electron chi connectivity index (χ1n) is 7.07. The van der Waals surface area contributed by atoms with Gasteiger partial charge in [-0.1, -0.05) is 12.1 Å². The average molecular weight is 313 g/mol. The van der Waals surface area contributed by atoms with E-state index < -0.39 is 18.0 Å². The van der Waals surface area contributed by atoms with E-state index in [0.717, 1.165) is 5.56 Å². The van der Waals surface area contributed by atoms with E-state index in [1.165, 1.54) is 12.1 Å². The zero-order valence-corrected chi connectivity index (χ0v) is 11.9. The first-order chi connectivity index (χ1) is 10.5. The SMILES string of the molecule is O=C(O)[C@]12COC[C@H]1CN(Cc1ccc(OC(F)F)cc1)C2. The number of likely N-dealkylation sites (tertiary alicyclic amines) is 1. The molecule has 2 fully saturated rings. The number of hydrogen-bond acceptors (Lipinski definition) is 4. The monoisotopic (exact) mass is 313 g/mol. The molecule has 0 aliphatic carbocycles. The van der Waals surface area contributed by atoms with Gasteiger partial charge in [-0.25, -0.2) is 0 Å². The summed E-state index contributed by atoms with van der Waals surface area (Å²) < 4.78 is 33.8. The van der Waals surface area contributed by atoms with Crippen molar-refractivity contribution in [3.8, 4) is 5.75 Å². The molecule has 2 heterocycles. The quantitative estimate of drug-likeness (QED) is 0.898. The van der Waals surface area contributed by atoms with Crippen molar-refractivity contribution in [2.24, 2.45) is 11.3 Å². The van der Waals surface area contributed by atoms with Crippen LogP contribution in [0.2, 0.25) is 0 Å². The third-order valence-electron chi connectivity index (χ3n) is 4.43. The maximum Gasteiger partial charge on any atom is 0.387 e. The molecule has 0 amide bonds. The molecule has 22 heavy (non-hydrogen) atoms.